The highest BCUT2D eigenvalue weighted by atomic mass is 32.1. The molecule has 7 nitrogen and oxygen atoms in total. The maximum atomic E-state index is 16.3. The van der Waals surface area contributed by atoms with Gasteiger partial charge < -0.3 is 18.9 Å². The molecule has 0 spiro atoms. The zero-order chi connectivity index (χ0) is 46.8. The van der Waals surface area contributed by atoms with E-state index < -0.39 is 23.3 Å². The number of rotatable bonds is 26. The number of aryl methyl sites for hydroxylation is 3. The van der Waals surface area contributed by atoms with Gasteiger partial charge in [0, 0.05) is 22.3 Å². The lowest BCUT2D eigenvalue weighted by Gasteiger charge is -2.32. The molecule has 4 rings (SSSR count). The van der Waals surface area contributed by atoms with E-state index in [1.807, 2.05) is 18.2 Å². The minimum atomic E-state index is -1.31. The Morgan fingerprint density at radius 2 is 1.22 bits per heavy atom. The number of ether oxygens (including phenoxy) is 4. The molecule has 0 unspecified atom stereocenters. The van der Waals surface area contributed by atoms with Gasteiger partial charge in [0.1, 0.15) is 43.4 Å². The van der Waals surface area contributed by atoms with Crippen molar-refractivity contribution < 1.29 is 37.7 Å². The van der Waals surface area contributed by atoms with Crippen LogP contribution in [0.2, 0.25) is 0 Å². The molecule has 10 heteroatoms. The van der Waals surface area contributed by atoms with Crippen molar-refractivity contribution in [2.75, 3.05) is 37.9 Å². The van der Waals surface area contributed by atoms with Crippen LogP contribution in [0, 0.1) is 17.2 Å². The van der Waals surface area contributed by atoms with Gasteiger partial charge in [-0.05, 0) is 159 Å². The van der Waals surface area contributed by atoms with E-state index in [4.69, 9.17) is 18.9 Å². The summed E-state index contributed by atoms with van der Waals surface area (Å²) in [5.74, 6) is 0.986. The molecule has 1 aliphatic carbocycles. The molecular weight excluding hydrogens is 844 g/mol. The lowest BCUT2D eigenvalue weighted by molar-refractivity contribution is -0.159. The molecule has 0 aliphatic heterocycles. The summed E-state index contributed by atoms with van der Waals surface area (Å²) in [6.07, 6.45) is 13.6. The first-order chi connectivity index (χ1) is 30.6. The van der Waals surface area contributed by atoms with E-state index in [0.29, 0.717) is 35.2 Å². The van der Waals surface area contributed by atoms with Crippen molar-refractivity contribution in [1.29, 1.82) is 0 Å². The van der Waals surface area contributed by atoms with E-state index in [0.717, 1.165) is 83.4 Å². The standard InChI is InChI=1S/C54H71FO7S2/c1-9-11-12-15-39-18-20-41(21-19-39)42-22-24-46(49(55)31-42)48-30-43(16-13-26-63)47(29-40(48)10-2)44-23-25-50(45(28-44)17-14-27-64)59-32-54(33-60-51(56)36(3)4,34-61-52(57)37(5)6)35-62-53(58)38(7)8/h22-25,28-31,39,41,63-64H,3,5,7,9-21,26-27,32-35H2,1-2,4,6,8H3. The van der Waals surface area contributed by atoms with Gasteiger partial charge in [0.2, 0.25) is 0 Å². The first-order valence-corrected chi connectivity index (χ1v) is 24.3. The van der Waals surface area contributed by atoms with Crippen molar-refractivity contribution in [2.24, 2.45) is 11.3 Å². The molecule has 1 aliphatic rings. The van der Waals surface area contributed by atoms with Gasteiger partial charge in [0.15, 0.2) is 0 Å². The molecule has 64 heavy (non-hydrogen) atoms. The van der Waals surface area contributed by atoms with Crippen LogP contribution in [0.1, 0.15) is 127 Å². The Labute approximate surface area is 393 Å². The second kappa shape index (κ2) is 26.0. The number of halogens is 1. The predicted molar refractivity (Wildman–Crippen MR) is 265 cm³/mol. The van der Waals surface area contributed by atoms with Gasteiger partial charge in [-0.15, -0.1) is 0 Å². The summed E-state index contributed by atoms with van der Waals surface area (Å²) in [5, 5.41) is 0. The Hall–Kier alpha value is -4.28. The van der Waals surface area contributed by atoms with Gasteiger partial charge in [0.05, 0.1) is 0 Å². The van der Waals surface area contributed by atoms with Gasteiger partial charge in [-0.3, -0.25) is 0 Å². The quantitative estimate of drug-likeness (QED) is 0.0273. The van der Waals surface area contributed by atoms with Crippen LogP contribution in [-0.4, -0.2) is 55.8 Å². The third-order valence-electron chi connectivity index (χ3n) is 12.2. The lowest BCUT2D eigenvalue weighted by atomic mass is 9.76. The molecule has 0 radical (unpaired) electrons. The highest BCUT2D eigenvalue weighted by molar-refractivity contribution is 7.80. The number of hydrogen-bond acceptors (Lipinski definition) is 9. The number of carbonyl (C=O) groups is 3. The van der Waals surface area contributed by atoms with Crippen molar-refractivity contribution in [3.63, 3.8) is 0 Å². The Morgan fingerprint density at radius 1 is 0.656 bits per heavy atom. The van der Waals surface area contributed by atoms with Gasteiger partial charge in [0.25, 0.3) is 0 Å². The first-order valence-electron chi connectivity index (χ1n) is 23.1. The molecule has 0 N–H and O–H groups in total. The van der Waals surface area contributed by atoms with Gasteiger partial charge in [-0.25, -0.2) is 18.8 Å². The molecule has 1 saturated carbocycles. The fourth-order valence-corrected chi connectivity index (χ4v) is 8.62. The third kappa shape index (κ3) is 15.1. The zero-order valence-corrected chi connectivity index (χ0v) is 40.7. The number of hydrogen-bond donors (Lipinski definition) is 2. The normalized spacial score (nSPS) is 15.0. The molecule has 3 aromatic rings. The van der Waals surface area contributed by atoms with Gasteiger partial charge in [-0.1, -0.05) is 89.6 Å². The molecule has 3 aromatic carbocycles. The molecule has 0 atom stereocenters. The summed E-state index contributed by atoms with van der Waals surface area (Å²) in [5.41, 5.74) is 7.01. The second-order valence-corrected chi connectivity index (χ2v) is 18.7. The SMILES string of the molecule is C=C(C)C(=O)OCC(COC(=O)C(=C)C)(COC(=O)C(=C)C)COc1ccc(-c2cc(CC)c(-c3ccc(C4CCC(CCCCC)CC4)cc3F)cc2CCCS)cc1CCCS. The Bertz CT molecular complexity index is 2030. The monoisotopic (exact) mass is 914 g/mol. The molecule has 1 fully saturated rings. The van der Waals surface area contributed by atoms with Crippen LogP contribution in [0.3, 0.4) is 0 Å². The average Bonchev–Trinajstić information content (AvgIpc) is 3.29. The Morgan fingerprint density at radius 3 is 1.73 bits per heavy atom. The second-order valence-electron chi connectivity index (χ2n) is 17.8. The smallest absolute Gasteiger partial charge is 0.333 e. The van der Waals surface area contributed by atoms with Crippen molar-refractivity contribution in [3.05, 3.63) is 113 Å². The number of carbonyl (C=O) groups excluding carboxylic acids is 3. The molecule has 0 amide bonds. The van der Waals surface area contributed by atoms with E-state index in [1.54, 1.807) is 6.07 Å². The van der Waals surface area contributed by atoms with Crippen LogP contribution in [0.25, 0.3) is 22.3 Å². The van der Waals surface area contributed by atoms with Crippen molar-refractivity contribution in [2.45, 2.75) is 124 Å². The van der Waals surface area contributed by atoms with Crippen LogP contribution in [0.15, 0.2) is 85.0 Å². The lowest BCUT2D eigenvalue weighted by Crippen LogP contribution is -2.44. The van der Waals surface area contributed by atoms with Crippen molar-refractivity contribution in [3.8, 4) is 28.0 Å². The molecule has 0 aromatic heterocycles. The van der Waals surface area contributed by atoms with Crippen LogP contribution >= 0.6 is 25.3 Å². The van der Waals surface area contributed by atoms with Crippen molar-refractivity contribution in [1.82, 2.24) is 0 Å². The number of unbranched alkanes of at least 4 members (excludes halogenated alkanes) is 2. The highest BCUT2D eigenvalue weighted by Crippen LogP contribution is 2.41. The molecule has 0 saturated heterocycles. The van der Waals surface area contributed by atoms with Crippen LogP contribution in [-0.2, 0) is 47.9 Å². The maximum absolute atomic E-state index is 16.3. The van der Waals surface area contributed by atoms with Crippen LogP contribution < -0.4 is 4.74 Å². The summed E-state index contributed by atoms with van der Waals surface area (Å²) in [6.45, 7) is 18.9. The van der Waals surface area contributed by atoms with Gasteiger partial charge in [-0.2, -0.15) is 25.3 Å². The molecular formula is C54H71FO7S2. The van der Waals surface area contributed by atoms with E-state index in [2.05, 4.69) is 83.1 Å². The summed E-state index contributed by atoms with van der Waals surface area (Å²) in [4.78, 5) is 37.9. The topological polar surface area (TPSA) is 88.1 Å². The molecule has 0 bridgehead atoms. The third-order valence-corrected chi connectivity index (χ3v) is 12.8. The summed E-state index contributed by atoms with van der Waals surface area (Å²) in [6, 6.07) is 16.4. The largest absolute Gasteiger partial charge is 0.492 e. The minimum absolute atomic E-state index is 0.150. The Kier molecular flexibility index (Phi) is 21.3. The van der Waals surface area contributed by atoms with E-state index in [1.165, 1.54) is 59.3 Å². The van der Waals surface area contributed by atoms with Gasteiger partial charge >= 0.3 is 17.9 Å². The number of esters is 3. The predicted octanol–water partition coefficient (Wildman–Crippen LogP) is 13.0. The minimum Gasteiger partial charge on any atom is -0.492 e. The first kappa shape index (κ1) is 52.3. The average molecular weight is 915 g/mol. The van der Waals surface area contributed by atoms with E-state index in [9.17, 15) is 14.4 Å². The summed E-state index contributed by atoms with van der Waals surface area (Å²) in [7, 11) is 0. The van der Waals surface area contributed by atoms with E-state index in [-0.39, 0.29) is 49.0 Å². The number of benzene rings is 3. The fourth-order valence-electron chi connectivity index (χ4n) is 8.31. The highest BCUT2D eigenvalue weighted by Gasteiger charge is 2.38. The molecule has 0 heterocycles. The van der Waals surface area contributed by atoms with Crippen LogP contribution in [0.5, 0.6) is 5.75 Å². The maximum Gasteiger partial charge on any atom is 0.333 e. The fraction of sp³-hybridized carbons (Fsp3) is 0.500. The van der Waals surface area contributed by atoms with E-state index >= 15 is 4.39 Å². The zero-order valence-electron chi connectivity index (χ0n) is 39.0. The number of thiol groups is 2. The summed E-state index contributed by atoms with van der Waals surface area (Å²) >= 11 is 9.07. The Balaban J connectivity index is 1.70. The molecule has 348 valence electrons. The van der Waals surface area contributed by atoms with Crippen LogP contribution in [0.4, 0.5) is 4.39 Å². The summed E-state index contributed by atoms with van der Waals surface area (Å²) < 4.78 is 39.7. The van der Waals surface area contributed by atoms with Crippen molar-refractivity contribution >= 4 is 43.2 Å².